The number of hydrogen-bond acceptors (Lipinski definition) is 3. The van der Waals surface area contributed by atoms with E-state index in [1.807, 2.05) is 60.4 Å². The minimum absolute atomic E-state index is 0.00774. The van der Waals surface area contributed by atoms with Crippen LogP contribution in [0.25, 0.3) is 0 Å². The Morgan fingerprint density at radius 2 is 1.81 bits per heavy atom. The predicted molar refractivity (Wildman–Crippen MR) is 123 cm³/mol. The lowest BCUT2D eigenvalue weighted by molar-refractivity contribution is -0.118. The van der Waals surface area contributed by atoms with E-state index in [1.165, 1.54) is 0 Å². The summed E-state index contributed by atoms with van der Waals surface area (Å²) in [6, 6.07) is 15.0. The van der Waals surface area contributed by atoms with Crippen LogP contribution in [0.4, 0.5) is 16.2 Å². The number of nitrogens with one attached hydrogen (secondary N) is 2. The number of piperidine rings is 1. The molecule has 166 valence electrons. The Kier molecular flexibility index (Phi) is 5.12. The van der Waals surface area contributed by atoms with Gasteiger partial charge in [0.1, 0.15) is 0 Å². The van der Waals surface area contributed by atoms with E-state index < -0.39 is 0 Å². The van der Waals surface area contributed by atoms with Crippen LogP contribution < -0.4 is 15.5 Å². The first-order valence-electron chi connectivity index (χ1n) is 11.3. The molecule has 0 bridgehead atoms. The van der Waals surface area contributed by atoms with Crippen LogP contribution in [0.5, 0.6) is 0 Å². The summed E-state index contributed by atoms with van der Waals surface area (Å²) < 4.78 is 0. The molecule has 1 spiro atoms. The molecule has 3 fully saturated rings. The quantitative estimate of drug-likeness (QED) is 0.777. The third-order valence-corrected chi connectivity index (χ3v) is 7.20. The van der Waals surface area contributed by atoms with E-state index in [0.29, 0.717) is 31.7 Å². The number of hydrogen-bond donors (Lipinski definition) is 2. The monoisotopic (exact) mass is 432 g/mol. The smallest absolute Gasteiger partial charge is 0.322 e. The van der Waals surface area contributed by atoms with Crippen LogP contribution in [0.1, 0.15) is 35.2 Å². The van der Waals surface area contributed by atoms with Crippen molar-refractivity contribution >= 4 is 29.2 Å². The third-order valence-electron chi connectivity index (χ3n) is 7.20. The number of aryl methyl sites for hydroxylation is 1. The van der Waals surface area contributed by atoms with Gasteiger partial charge in [0.25, 0.3) is 5.91 Å². The molecule has 32 heavy (non-hydrogen) atoms. The lowest BCUT2D eigenvalue weighted by atomic mass is 9.90. The minimum atomic E-state index is -0.119. The molecule has 5 rings (SSSR count). The minimum Gasteiger partial charge on any atom is -0.339 e. The number of amides is 4. The van der Waals surface area contributed by atoms with Crippen LogP contribution in [0, 0.1) is 18.3 Å². The van der Waals surface area contributed by atoms with Crippen molar-refractivity contribution in [2.45, 2.75) is 26.2 Å². The van der Waals surface area contributed by atoms with Gasteiger partial charge in [0.05, 0.1) is 0 Å². The SMILES string of the molecule is Cc1ccc(C(=O)N2CCC3(CC2)C[C@@H]3C(=O)Nc2ccccc2)cc1N1CCNC1=O. The molecular formula is C25H28N4O3. The third kappa shape index (κ3) is 3.72. The van der Waals surface area contributed by atoms with Crippen molar-refractivity contribution in [3.8, 4) is 0 Å². The van der Waals surface area contributed by atoms with E-state index >= 15 is 0 Å². The van der Waals surface area contributed by atoms with E-state index in [4.69, 9.17) is 0 Å². The molecule has 2 aromatic rings. The normalized spacial score (nSPS) is 21.4. The Labute approximate surface area is 187 Å². The molecule has 2 aromatic carbocycles. The van der Waals surface area contributed by atoms with Crippen LogP contribution in [-0.4, -0.2) is 48.9 Å². The van der Waals surface area contributed by atoms with Crippen molar-refractivity contribution in [1.29, 1.82) is 0 Å². The van der Waals surface area contributed by atoms with Gasteiger partial charge in [-0.25, -0.2) is 4.79 Å². The molecule has 1 atom stereocenters. The first kappa shape index (κ1) is 20.5. The van der Waals surface area contributed by atoms with Gasteiger partial charge in [-0.3, -0.25) is 14.5 Å². The number of nitrogens with zero attached hydrogens (tertiary/aromatic N) is 2. The zero-order valence-corrected chi connectivity index (χ0v) is 18.3. The van der Waals surface area contributed by atoms with E-state index in [2.05, 4.69) is 10.6 Å². The van der Waals surface area contributed by atoms with Crippen LogP contribution in [0.2, 0.25) is 0 Å². The Morgan fingerprint density at radius 1 is 1.06 bits per heavy atom. The Balaban J connectivity index is 1.21. The lowest BCUT2D eigenvalue weighted by Crippen LogP contribution is -2.40. The van der Waals surface area contributed by atoms with E-state index in [-0.39, 0.29) is 29.2 Å². The Bertz CT molecular complexity index is 1060. The average molecular weight is 433 g/mol. The molecule has 0 unspecified atom stereocenters. The first-order valence-corrected chi connectivity index (χ1v) is 11.3. The fourth-order valence-electron chi connectivity index (χ4n) is 5.09. The predicted octanol–water partition coefficient (Wildman–Crippen LogP) is 3.41. The molecule has 2 heterocycles. The molecule has 1 aliphatic carbocycles. The number of urea groups is 1. The van der Waals surface area contributed by atoms with Gasteiger partial charge < -0.3 is 15.5 Å². The second-order valence-corrected chi connectivity index (χ2v) is 9.15. The van der Waals surface area contributed by atoms with E-state index in [0.717, 1.165) is 36.2 Å². The van der Waals surface area contributed by atoms with Gasteiger partial charge in [-0.15, -0.1) is 0 Å². The zero-order chi connectivity index (χ0) is 22.3. The fourth-order valence-corrected chi connectivity index (χ4v) is 5.09. The summed E-state index contributed by atoms with van der Waals surface area (Å²) >= 11 is 0. The van der Waals surface area contributed by atoms with Gasteiger partial charge in [-0.05, 0) is 61.4 Å². The van der Waals surface area contributed by atoms with E-state index in [1.54, 1.807) is 4.90 Å². The standard InChI is InChI=1S/C25H28N4O3/c1-17-7-8-18(15-21(17)29-14-11-26-24(29)32)23(31)28-12-9-25(10-13-28)16-20(25)22(30)27-19-5-3-2-4-6-19/h2-8,15,20H,9-14,16H2,1H3,(H,26,32)(H,27,30)/t20-/m1/s1. The second-order valence-electron chi connectivity index (χ2n) is 9.15. The summed E-state index contributed by atoms with van der Waals surface area (Å²) in [5, 5.41) is 5.83. The van der Waals surface area contributed by atoms with Gasteiger partial charge in [-0.2, -0.15) is 0 Å². The summed E-state index contributed by atoms with van der Waals surface area (Å²) in [4.78, 5) is 41.5. The molecule has 7 nitrogen and oxygen atoms in total. The number of likely N-dealkylation sites (tertiary alicyclic amines) is 1. The molecule has 3 aliphatic rings. The van der Waals surface area contributed by atoms with Gasteiger partial charge >= 0.3 is 6.03 Å². The highest BCUT2D eigenvalue weighted by atomic mass is 16.2. The van der Waals surface area contributed by atoms with Crippen molar-refractivity contribution in [3.63, 3.8) is 0 Å². The molecular weight excluding hydrogens is 404 g/mol. The van der Waals surface area contributed by atoms with Crippen molar-refractivity contribution in [2.24, 2.45) is 11.3 Å². The zero-order valence-electron chi connectivity index (χ0n) is 18.3. The van der Waals surface area contributed by atoms with Crippen molar-refractivity contribution in [2.75, 3.05) is 36.4 Å². The highest BCUT2D eigenvalue weighted by molar-refractivity contribution is 5.99. The number of carbonyl (C=O) groups excluding carboxylic acids is 3. The molecule has 0 radical (unpaired) electrons. The Hall–Kier alpha value is -3.35. The van der Waals surface area contributed by atoms with Gasteiger partial charge in [0.2, 0.25) is 5.91 Å². The topological polar surface area (TPSA) is 81.8 Å². The largest absolute Gasteiger partial charge is 0.339 e. The molecule has 2 saturated heterocycles. The fraction of sp³-hybridized carbons (Fsp3) is 0.400. The summed E-state index contributed by atoms with van der Waals surface area (Å²) in [6.45, 7) is 4.48. The number of anilines is 2. The summed E-state index contributed by atoms with van der Waals surface area (Å²) in [5.74, 6) is 0.106. The van der Waals surface area contributed by atoms with Crippen LogP contribution >= 0.6 is 0 Å². The van der Waals surface area contributed by atoms with Crippen LogP contribution in [-0.2, 0) is 4.79 Å². The number of benzene rings is 2. The van der Waals surface area contributed by atoms with Crippen molar-refractivity contribution in [1.82, 2.24) is 10.2 Å². The maximum absolute atomic E-state index is 13.2. The number of para-hydroxylation sites is 1. The van der Waals surface area contributed by atoms with Gasteiger partial charge in [0, 0.05) is 49.0 Å². The molecule has 1 saturated carbocycles. The van der Waals surface area contributed by atoms with Crippen molar-refractivity contribution in [3.05, 3.63) is 59.7 Å². The maximum atomic E-state index is 13.2. The molecule has 0 aromatic heterocycles. The number of rotatable bonds is 4. The Morgan fingerprint density at radius 3 is 2.50 bits per heavy atom. The van der Waals surface area contributed by atoms with Gasteiger partial charge in [-0.1, -0.05) is 24.3 Å². The average Bonchev–Trinajstić information content (AvgIpc) is 3.34. The molecule has 4 amide bonds. The number of carbonyl (C=O) groups is 3. The lowest BCUT2D eigenvalue weighted by Gasteiger charge is -2.33. The maximum Gasteiger partial charge on any atom is 0.322 e. The second kappa shape index (κ2) is 7.97. The van der Waals surface area contributed by atoms with E-state index in [9.17, 15) is 14.4 Å². The molecule has 2 aliphatic heterocycles. The summed E-state index contributed by atoms with van der Waals surface area (Å²) in [6.07, 6.45) is 2.59. The van der Waals surface area contributed by atoms with Crippen LogP contribution in [0.3, 0.4) is 0 Å². The summed E-state index contributed by atoms with van der Waals surface area (Å²) in [5.41, 5.74) is 3.23. The molecule has 7 heteroatoms. The van der Waals surface area contributed by atoms with Gasteiger partial charge in [0.15, 0.2) is 0 Å². The highest BCUT2D eigenvalue weighted by Gasteiger charge is 2.58. The first-order chi connectivity index (χ1) is 15.5. The summed E-state index contributed by atoms with van der Waals surface area (Å²) in [7, 11) is 0. The highest BCUT2D eigenvalue weighted by Crippen LogP contribution is 2.59. The van der Waals surface area contributed by atoms with Crippen LogP contribution in [0.15, 0.2) is 48.5 Å². The molecule has 2 N–H and O–H groups in total. The van der Waals surface area contributed by atoms with Crippen molar-refractivity contribution < 1.29 is 14.4 Å².